The lowest BCUT2D eigenvalue weighted by Gasteiger charge is -2.09. The van der Waals surface area contributed by atoms with E-state index in [1.807, 2.05) is 29.9 Å². The first kappa shape index (κ1) is 12.9. The number of hydrogen-bond donors (Lipinski definition) is 1. The highest BCUT2D eigenvalue weighted by Crippen LogP contribution is 2.38. The molecule has 1 saturated carbocycles. The summed E-state index contributed by atoms with van der Waals surface area (Å²) in [4.78, 5) is 1.13. The predicted molar refractivity (Wildman–Crippen MR) is 74.4 cm³/mol. The first-order chi connectivity index (χ1) is 9.28. The van der Waals surface area contributed by atoms with Crippen molar-refractivity contribution >= 4 is 23.4 Å². The molecule has 1 fully saturated rings. The SMILES string of the molecule is CNCc1cc(Cl)ccc1Sc1nnnn1C1CC1. The van der Waals surface area contributed by atoms with Crippen LogP contribution in [0.2, 0.25) is 5.02 Å². The summed E-state index contributed by atoms with van der Waals surface area (Å²) in [6.07, 6.45) is 2.34. The molecule has 1 aliphatic rings. The Balaban J connectivity index is 1.87. The molecular formula is C12H14ClN5S. The van der Waals surface area contributed by atoms with Crippen molar-refractivity contribution in [1.29, 1.82) is 0 Å². The number of nitrogens with one attached hydrogen (secondary N) is 1. The topological polar surface area (TPSA) is 55.6 Å². The molecule has 0 saturated heterocycles. The van der Waals surface area contributed by atoms with E-state index in [9.17, 15) is 0 Å². The van der Waals surface area contributed by atoms with Gasteiger partial charge in [0, 0.05) is 16.5 Å². The van der Waals surface area contributed by atoms with Crippen LogP contribution in [0.3, 0.4) is 0 Å². The standard InChI is InChI=1S/C12H14ClN5S/c1-14-7-8-6-9(13)2-5-11(8)19-12-15-16-17-18(12)10-3-4-10/h2,5-6,10,14H,3-4,7H2,1H3. The summed E-state index contributed by atoms with van der Waals surface area (Å²) in [5, 5.41) is 16.7. The molecule has 5 nitrogen and oxygen atoms in total. The van der Waals surface area contributed by atoms with Crippen LogP contribution in [0.15, 0.2) is 28.3 Å². The highest BCUT2D eigenvalue weighted by atomic mass is 35.5. The third-order valence-electron chi connectivity index (χ3n) is 2.95. The minimum atomic E-state index is 0.484. The van der Waals surface area contributed by atoms with Crippen molar-refractivity contribution in [3.05, 3.63) is 28.8 Å². The van der Waals surface area contributed by atoms with Crippen molar-refractivity contribution in [3.8, 4) is 0 Å². The number of hydrogen-bond acceptors (Lipinski definition) is 5. The molecule has 1 N–H and O–H groups in total. The maximum atomic E-state index is 6.04. The van der Waals surface area contributed by atoms with Crippen LogP contribution >= 0.6 is 23.4 Å². The van der Waals surface area contributed by atoms with Gasteiger partial charge >= 0.3 is 0 Å². The maximum Gasteiger partial charge on any atom is 0.214 e. The fraction of sp³-hybridized carbons (Fsp3) is 0.417. The van der Waals surface area contributed by atoms with Gasteiger partial charge in [0.2, 0.25) is 5.16 Å². The van der Waals surface area contributed by atoms with E-state index in [-0.39, 0.29) is 0 Å². The molecular weight excluding hydrogens is 282 g/mol. The Morgan fingerprint density at radius 1 is 1.47 bits per heavy atom. The molecule has 0 aliphatic heterocycles. The lowest BCUT2D eigenvalue weighted by atomic mass is 10.2. The van der Waals surface area contributed by atoms with Crippen LogP contribution in [0.1, 0.15) is 24.4 Å². The molecule has 0 bridgehead atoms. The Bertz CT molecular complexity index is 581. The average Bonchev–Trinajstić information content (AvgIpc) is 3.14. The smallest absolute Gasteiger partial charge is 0.214 e. The molecule has 1 aromatic heterocycles. The van der Waals surface area contributed by atoms with Gasteiger partial charge in [-0.1, -0.05) is 11.6 Å². The van der Waals surface area contributed by atoms with Gasteiger partial charge in [-0.25, -0.2) is 4.68 Å². The van der Waals surface area contributed by atoms with Crippen LogP contribution < -0.4 is 5.32 Å². The molecule has 3 rings (SSSR count). The zero-order valence-electron chi connectivity index (χ0n) is 10.5. The van der Waals surface area contributed by atoms with Crippen LogP contribution in [0, 0.1) is 0 Å². The van der Waals surface area contributed by atoms with Crippen LogP contribution in [0.4, 0.5) is 0 Å². The zero-order valence-corrected chi connectivity index (χ0v) is 12.1. The van der Waals surface area contributed by atoms with Gasteiger partial charge in [-0.05, 0) is 65.8 Å². The Kier molecular flexibility index (Phi) is 3.72. The predicted octanol–water partition coefficient (Wildman–Crippen LogP) is 2.53. The first-order valence-electron chi connectivity index (χ1n) is 6.16. The molecule has 1 aliphatic carbocycles. The maximum absolute atomic E-state index is 6.04. The van der Waals surface area contributed by atoms with E-state index in [2.05, 4.69) is 20.8 Å². The molecule has 19 heavy (non-hydrogen) atoms. The van der Waals surface area contributed by atoms with Crippen molar-refractivity contribution in [2.75, 3.05) is 7.05 Å². The van der Waals surface area contributed by atoms with Gasteiger partial charge in [0.15, 0.2) is 0 Å². The fourth-order valence-electron chi connectivity index (χ4n) is 1.88. The molecule has 1 heterocycles. The van der Waals surface area contributed by atoms with E-state index in [4.69, 9.17) is 11.6 Å². The van der Waals surface area contributed by atoms with Gasteiger partial charge in [0.1, 0.15) is 0 Å². The molecule has 7 heteroatoms. The molecule has 1 aromatic carbocycles. The highest BCUT2D eigenvalue weighted by molar-refractivity contribution is 7.99. The number of nitrogens with zero attached hydrogens (tertiary/aromatic N) is 4. The molecule has 0 radical (unpaired) electrons. The zero-order chi connectivity index (χ0) is 13.2. The second kappa shape index (κ2) is 5.48. The largest absolute Gasteiger partial charge is 0.316 e. The summed E-state index contributed by atoms with van der Waals surface area (Å²) in [5.74, 6) is 0. The van der Waals surface area contributed by atoms with Gasteiger partial charge in [0.05, 0.1) is 6.04 Å². The van der Waals surface area contributed by atoms with Crippen molar-refractivity contribution in [3.63, 3.8) is 0 Å². The van der Waals surface area contributed by atoms with E-state index >= 15 is 0 Å². The van der Waals surface area contributed by atoms with Gasteiger partial charge < -0.3 is 5.32 Å². The van der Waals surface area contributed by atoms with Crippen LogP contribution in [0.5, 0.6) is 0 Å². The normalized spacial score (nSPS) is 14.8. The quantitative estimate of drug-likeness (QED) is 0.918. The van der Waals surface area contributed by atoms with Crippen molar-refractivity contribution in [2.24, 2.45) is 0 Å². The fourth-order valence-corrected chi connectivity index (χ4v) is 3.02. The van der Waals surface area contributed by atoms with Crippen molar-refractivity contribution < 1.29 is 0 Å². The third-order valence-corrected chi connectivity index (χ3v) is 4.25. The Hall–Kier alpha value is -1.11. The summed E-state index contributed by atoms with van der Waals surface area (Å²) < 4.78 is 1.92. The van der Waals surface area contributed by atoms with E-state index in [1.54, 1.807) is 11.8 Å². The molecule has 0 unspecified atom stereocenters. The number of rotatable bonds is 5. The number of halogens is 1. The first-order valence-corrected chi connectivity index (χ1v) is 7.36. The van der Waals surface area contributed by atoms with Gasteiger partial charge in [-0.3, -0.25) is 0 Å². The number of tetrazole rings is 1. The van der Waals surface area contributed by atoms with Crippen LogP contribution in [-0.4, -0.2) is 27.3 Å². The van der Waals surface area contributed by atoms with E-state index < -0.39 is 0 Å². The summed E-state index contributed by atoms with van der Waals surface area (Å²) in [6, 6.07) is 6.38. The Labute approximate surface area is 120 Å². The molecule has 0 spiro atoms. The second-order valence-corrected chi connectivity index (χ2v) is 5.97. The number of benzene rings is 1. The summed E-state index contributed by atoms with van der Waals surface area (Å²) in [6.45, 7) is 0.772. The molecule has 100 valence electrons. The van der Waals surface area contributed by atoms with Gasteiger partial charge in [-0.15, -0.1) is 5.10 Å². The lowest BCUT2D eigenvalue weighted by Crippen LogP contribution is -2.06. The van der Waals surface area contributed by atoms with Crippen LogP contribution in [0.25, 0.3) is 0 Å². The molecule has 0 atom stereocenters. The third kappa shape index (κ3) is 2.91. The second-order valence-electron chi connectivity index (χ2n) is 4.52. The monoisotopic (exact) mass is 295 g/mol. The minimum absolute atomic E-state index is 0.484. The van der Waals surface area contributed by atoms with Crippen molar-refractivity contribution in [2.45, 2.75) is 35.5 Å². The molecule has 0 amide bonds. The summed E-state index contributed by atoms with van der Waals surface area (Å²) in [7, 11) is 1.92. The van der Waals surface area contributed by atoms with Gasteiger partial charge in [-0.2, -0.15) is 0 Å². The Morgan fingerprint density at radius 2 is 2.32 bits per heavy atom. The Morgan fingerprint density at radius 3 is 3.05 bits per heavy atom. The molecule has 2 aromatic rings. The highest BCUT2D eigenvalue weighted by Gasteiger charge is 2.28. The average molecular weight is 296 g/mol. The van der Waals surface area contributed by atoms with E-state index in [0.29, 0.717) is 6.04 Å². The van der Waals surface area contributed by atoms with Crippen molar-refractivity contribution in [1.82, 2.24) is 25.5 Å². The van der Waals surface area contributed by atoms with Gasteiger partial charge in [0.25, 0.3) is 0 Å². The lowest BCUT2D eigenvalue weighted by molar-refractivity contribution is 0.565. The summed E-state index contributed by atoms with van der Waals surface area (Å²) in [5.41, 5.74) is 1.16. The minimum Gasteiger partial charge on any atom is -0.316 e. The number of aromatic nitrogens is 4. The summed E-state index contributed by atoms with van der Waals surface area (Å²) >= 11 is 7.64. The van der Waals surface area contributed by atoms with E-state index in [1.165, 1.54) is 12.8 Å². The van der Waals surface area contributed by atoms with E-state index in [0.717, 1.165) is 27.2 Å². The van der Waals surface area contributed by atoms with Crippen LogP contribution in [-0.2, 0) is 6.54 Å².